The van der Waals surface area contributed by atoms with Gasteiger partial charge in [0.1, 0.15) is 5.82 Å². The molecule has 8 heteroatoms. The van der Waals surface area contributed by atoms with Gasteiger partial charge >= 0.3 is 5.69 Å². The highest BCUT2D eigenvalue weighted by atomic mass is 16.2. The molecule has 2 heterocycles. The maximum Gasteiger partial charge on any atom is 0.330 e. The Labute approximate surface area is 170 Å². The van der Waals surface area contributed by atoms with Gasteiger partial charge < -0.3 is 10.6 Å². The molecule has 1 fully saturated rings. The van der Waals surface area contributed by atoms with Gasteiger partial charge in [-0.25, -0.2) is 9.78 Å². The normalized spacial score (nSPS) is 15.2. The number of nitrogens with zero attached hydrogens (tertiary/aromatic N) is 3. The second-order valence-corrected chi connectivity index (χ2v) is 7.61. The number of anilines is 1. The Bertz CT molecular complexity index is 922. The molecule has 158 valence electrons. The van der Waals surface area contributed by atoms with Crippen molar-refractivity contribution in [3.05, 3.63) is 22.6 Å². The van der Waals surface area contributed by atoms with Crippen molar-refractivity contribution in [3.63, 3.8) is 0 Å². The van der Waals surface area contributed by atoms with E-state index in [0.717, 1.165) is 31.2 Å². The molecule has 1 aliphatic rings. The molecule has 3 rings (SSSR count). The van der Waals surface area contributed by atoms with Crippen molar-refractivity contribution in [1.29, 1.82) is 0 Å². The number of carbonyl (C=O) groups excluding carboxylic acids is 2. The lowest BCUT2D eigenvalue weighted by Crippen LogP contribution is -2.34. The summed E-state index contributed by atoms with van der Waals surface area (Å²) >= 11 is 0. The third kappa shape index (κ3) is 5.05. The van der Waals surface area contributed by atoms with E-state index in [1.807, 2.05) is 13.8 Å². The lowest BCUT2D eigenvalue weighted by atomic mass is 10.1. The van der Waals surface area contributed by atoms with Crippen LogP contribution >= 0.6 is 0 Å². The summed E-state index contributed by atoms with van der Waals surface area (Å²) in [7, 11) is 0. The Morgan fingerprint density at radius 2 is 1.66 bits per heavy atom. The fraction of sp³-hybridized carbons (Fsp3) is 0.619. The van der Waals surface area contributed by atoms with Crippen LogP contribution in [0.5, 0.6) is 0 Å². The minimum absolute atomic E-state index is 0.0738. The number of rotatable bonds is 7. The van der Waals surface area contributed by atoms with E-state index in [0.29, 0.717) is 24.6 Å². The van der Waals surface area contributed by atoms with Crippen molar-refractivity contribution >= 4 is 28.8 Å². The Hall–Kier alpha value is -2.64. The minimum Gasteiger partial charge on any atom is -0.353 e. The number of imidazole rings is 1. The lowest BCUT2D eigenvalue weighted by Gasteiger charge is -2.16. The Morgan fingerprint density at radius 3 is 2.31 bits per heavy atom. The molecule has 2 aromatic heterocycles. The molecule has 0 bridgehead atoms. The van der Waals surface area contributed by atoms with Crippen molar-refractivity contribution in [3.8, 4) is 0 Å². The highest BCUT2D eigenvalue weighted by Gasteiger charge is 2.17. The van der Waals surface area contributed by atoms with E-state index in [4.69, 9.17) is 0 Å². The molecule has 0 saturated heterocycles. The van der Waals surface area contributed by atoms with Crippen LogP contribution in [0.4, 0.5) is 5.82 Å². The van der Waals surface area contributed by atoms with Crippen LogP contribution in [0.2, 0.25) is 0 Å². The summed E-state index contributed by atoms with van der Waals surface area (Å²) in [6.07, 6.45) is 7.10. The molecule has 0 radical (unpaired) electrons. The van der Waals surface area contributed by atoms with Crippen LogP contribution in [0.25, 0.3) is 11.2 Å². The summed E-state index contributed by atoms with van der Waals surface area (Å²) in [5.41, 5.74) is 1.21. The number of hydrogen-bond donors (Lipinski definition) is 2. The monoisotopic (exact) mass is 401 g/mol. The van der Waals surface area contributed by atoms with Gasteiger partial charge in [0.15, 0.2) is 5.65 Å². The first-order chi connectivity index (χ1) is 14.0. The third-order valence-corrected chi connectivity index (χ3v) is 5.56. The summed E-state index contributed by atoms with van der Waals surface area (Å²) in [4.78, 5) is 41.3. The molecule has 0 unspecified atom stereocenters. The SMILES string of the molecule is CCn1c(=O)n(CC)c2nc(NC(=O)CCC(=O)NC3CCCCCC3)ccc21. The number of hydrogen-bond acceptors (Lipinski definition) is 4. The van der Waals surface area contributed by atoms with Gasteiger partial charge in [0.05, 0.1) is 5.52 Å². The molecule has 2 amide bonds. The number of pyridine rings is 1. The van der Waals surface area contributed by atoms with E-state index in [1.165, 1.54) is 12.8 Å². The fourth-order valence-electron chi connectivity index (χ4n) is 4.01. The highest BCUT2D eigenvalue weighted by Crippen LogP contribution is 2.18. The van der Waals surface area contributed by atoms with Gasteiger partial charge in [0.2, 0.25) is 11.8 Å². The molecular formula is C21H31N5O3. The number of fused-ring (bicyclic) bond motifs is 1. The van der Waals surface area contributed by atoms with E-state index in [2.05, 4.69) is 15.6 Å². The van der Waals surface area contributed by atoms with E-state index in [9.17, 15) is 14.4 Å². The Morgan fingerprint density at radius 1 is 1.00 bits per heavy atom. The van der Waals surface area contributed by atoms with Gasteiger partial charge in [-0.2, -0.15) is 0 Å². The van der Waals surface area contributed by atoms with Crippen LogP contribution in [-0.4, -0.2) is 32.0 Å². The van der Waals surface area contributed by atoms with E-state index in [-0.39, 0.29) is 36.4 Å². The molecular weight excluding hydrogens is 370 g/mol. The Balaban J connectivity index is 1.58. The molecule has 8 nitrogen and oxygen atoms in total. The summed E-state index contributed by atoms with van der Waals surface area (Å²) in [6.45, 7) is 4.87. The van der Waals surface area contributed by atoms with Crippen LogP contribution < -0.4 is 16.3 Å². The lowest BCUT2D eigenvalue weighted by molar-refractivity contribution is -0.125. The number of carbonyl (C=O) groups is 2. The van der Waals surface area contributed by atoms with Crippen molar-refractivity contribution in [2.45, 2.75) is 84.3 Å². The topological polar surface area (TPSA) is 98.0 Å². The second kappa shape index (κ2) is 9.71. The van der Waals surface area contributed by atoms with Gasteiger partial charge in [-0.3, -0.25) is 18.7 Å². The molecule has 2 N–H and O–H groups in total. The molecule has 2 aromatic rings. The zero-order valence-corrected chi connectivity index (χ0v) is 17.4. The second-order valence-electron chi connectivity index (χ2n) is 7.61. The number of amides is 2. The first kappa shape index (κ1) is 21.1. The predicted octanol–water partition coefficient (Wildman–Crippen LogP) is 2.80. The van der Waals surface area contributed by atoms with Crippen molar-refractivity contribution in [1.82, 2.24) is 19.4 Å². The van der Waals surface area contributed by atoms with Gasteiger partial charge in [-0.05, 0) is 38.8 Å². The van der Waals surface area contributed by atoms with Crippen molar-refractivity contribution in [2.24, 2.45) is 0 Å². The molecule has 0 aromatic carbocycles. The summed E-state index contributed by atoms with van der Waals surface area (Å²) < 4.78 is 3.25. The van der Waals surface area contributed by atoms with Crippen LogP contribution in [0.15, 0.2) is 16.9 Å². The first-order valence-electron chi connectivity index (χ1n) is 10.7. The highest BCUT2D eigenvalue weighted by molar-refractivity contribution is 5.93. The first-order valence-corrected chi connectivity index (χ1v) is 10.7. The van der Waals surface area contributed by atoms with Crippen molar-refractivity contribution in [2.75, 3.05) is 5.32 Å². The molecule has 29 heavy (non-hydrogen) atoms. The Kier molecular flexibility index (Phi) is 7.06. The number of aryl methyl sites for hydroxylation is 2. The number of nitrogens with one attached hydrogen (secondary N) is 2. The largest absolute Gasteiger partial charge is 0.353 e. The standard InChI is InChI=1S/C21H31N5O3/c1-3-25-16-11-12-17(24-20(16)26(4-2)21(25)29)23-19(28)14-13-18(27)22-15-9-7-5-6-8-10-15/h11-12,15H,3-10,13-14H2,1-2H3,(H,22,27)(H,23,24,28). The van der Waals surface area contributed by atoms with Crippen LogP contribution in [-0.2, 0) is 22.7 Å². The van der Waals surface area contributed by atoms with E-state index >= 15 is 0 Å². The smallest absolute Gasteiger partial charge is 0.330 e. The summed E-state index contributed by atoms with van der Waals surface area (Å²) in [6, 6.07) is 3.73. The molecule has 0 aliphatic heterocycles. The zero-order chi connectivity index (χ0) is 20.8. The maximum absolute atomic E-state index is 12.4. The number of aromatic nitrogens is 3. The van der Waals surface area contributed by atoms with Gasteiger partial charge in [-0.15, -0.1) is 0 Å². The summed E-state index contributed by atoms with van der Waals surface area (Å²) in [5.74, 6) is 0.0608. The van der Waals surface area contributed by atoms with Gasteiger partial charge in [0, 0.05) is 32.0 Å². The molecule has 0 spiro atoms. The minimum atomic E-state index is -0.256. The quantitative estimate of drug-likeness (QED) is 0.697. The average molecular weight is 402 g/mol. The molecule has 0 atom stereocenters. The average Bonchev–Trinajstić information content (AvgIpc) is 2.84. The zero-order valence-electron chi connectivity index (χ0n) is 17.4. The molecule has 1 aliphatic carbocycles. The van der Waals surface area contributed by atoms with Crippen LogP contribution in [0.1, 0.15) is 65.2 Å². The fourth-order valence-corrected chi connectivity index (χ4v) is 4.01. The predicted molar refractivity (Wildman–Crippen MR) is 113 cm³/mol. The third-order valence-electron chi connectivity index (χ3n) is 5.56. The maximum atomic E-state index is 12.4. The van der Waals surface area contributed by atoms with E-state index < -0.39 is 0 Å². The van der Waals surface area contributed by atoms with Crippen molar-refractivity contribution < 1.29 is 9.59 Å². The van der Waals surface area contributed by atoms with E-state index in [1.54, 1.807) is 21.3 Å². The summed E-state index contributed by atoms with van der Waals surface area (Å²) in [5, 5.41) is 5.80. The van der Waals surface area contributed by atoms with Crippen LogP contribution in [0, 0.1) is 0 Å². The van der Waals surface area contributed by atoms with Gasteiger partial charge in [-0.1, -0.05) is 25.7 Å². The van der Waals surface area contributed by atoms with Gasteiger partial charge in [0.25, 0.3) is 0 Å². The van der Waals surface area contributed by atoms with Crippen LogP contribution in [0.3, 0.4) is 0 Å². The molecule has 1 saturated carbocycles.